The van der Waals surface area contributed by atoms with Gasteiger partial charge in [-0.25, -0.2) is 4.79 Å². The summed E-state index contributed by atoms with van der Waals surface area (Å²) in [7, 11) is -0.843. The van der Waals surface area contributed by atoms with Crippen molar-refractivity contribution >= 4 is 16.4 Å². The minimum atomic E-state index is -4.72. The normalized spacial score (nSPS) is 24.2. The second-order valence-corrected chi connectivity index (χ2v) is 7.32. The molecule has 0 aliphatic carbocycles. The number of hydrogen-bond acceptors (Lipinski definition) is 7. The highest BCUT2D eigenvalue weighted by Crippen LogP contribution is 2.31. The van der Waals surface area contributed by atoms with Gasteiger partial charge in [0.2, 0.25) is 0 Å². The Morgan fingerprint density at radius 3 is 2.83 bits per heavy atom. The lowest BCUT2D eigenvalue weighted by Gasteiger charge is -2.30. The highest BCUT2D eigenvalue weighted by atomic mass is 32.3. The van der Waals surface area contributed by atoms with Gasteiger partial charge < -0.3 is 9.80 Å². The number of piperidine rings is 1. The summed E-state index contributed by atoms with van der Waals surface area (Å²) in [6, 6.07) is -1.07. The van der Waals surface area contributed by atoms with E-state index in [0.29, 0.717) is 32.5 Å². The lowest BCUT2D eigenvalue weighted by molar-refractivity contribution is -0.0317. The van der Waals surface area contributed by atoms with E-state index in [9.17, 15) is 13.2 Å². The molecule has 2 atom stereocenters. The summed E-state index contributed by atoms with van der Waals surface area (Å²) in [6.45, 7) is 1.50. The molecule has 2 saturated heterocycles. The Morgan fingerprint density at radius 2 is 2.17 bits per heavy atom. The van der Waals surface area contributed by atoms with Crippen LogP contribution in [-0.4, -0.2) is 81.6 Å². The molecule has 2 aliphatic heterocycles. The van der Waals surface area contributed by atoms with Crippen LogP contribution in [0.25, 0.3) is 0 Å². The fourth-order valence-corrected chi connectivity index (χ4v) is 3.53. The Balaban J connectivity index is 1.67. The van der Waals surface area contributed by atoms with Crippen LogP contribution >= 0.6 is 0 Å². The topological polar surface area (TPSA) is 121 Å². The van der Waals surface area contributed by atoms with Crippen LogP contribution in [0, 0.1) is 0 Å². The third-order valence-electron chi connectivity index (χ3n) is 4.08. The fourth-order valence-electron chi connectivity index (χ4n) is 3.14. The molecule has 12 heteroatoms. The van der Waals surface area contributed by atoms with Crippen molar-refractivity contribution in [3.63, 3.8) is 0 Å². The van der Waals surface area contributed by atoms with E-state index in [2.05, 4.69) is 14.6 Å². The Hall–Kier alpha value is -1.76. The van der Waals surface area contributed by atoms with E-state index in [0.717, 1.165) is 10.8 Å². The highest BCUT2D eigenvalue weighted by Gasteiger charge is 2.47. The maximum absolute atomic E-state index is 12.3. The Bertz CT molecular complexity index is 719. The molecule has 0 aromatic carbocycles. The maximum atomic E-state index is 12.3. The van der Waals surface area contributed by atoms with Gasteiger partial charge in [0.15, 0.2) is 0 Å². The van der Waals surface area contributed by atoms with Crippen molar-refractivity contribution in [1.29, 1.82) is 0 Å². The van der Waals surface area contributed by atoms with Gasteiger partial charge in [0.25, 0.3) is 0 Å². The largest absolute Gasteiger partial charge is 0.418 e. The molecule has 2 aliphatic rings. The molecule has 134 valence electrons. The van der Waals surface area contributed by atoms with Crippen molar-refractivity contribution in [2.75, 3.05) is 20.6 Å². The monoisotopic (exact) mass is 360 g/mol. The number of amides is 2. The van der Waals surface area contributed by atoms with Crippen LogP contribution in [0.4, 0.5) is 4.79 Å². The number of nitrogens with zero attached hydrogens (tertiary/aromatic N) is 6. The summed E-state index contributed by atoms with van der Waals surface area (Å²) in [4.78, 5) is 15.8. The van der Waals surface area contributed by atoms with Gasteiger partial charge in [0, 0.05) is 19.3 Å². The Kier molecular flexibility index (Phi) is 4.46. The van der Waals surface area contributed by atoms with Gasteiger partial charge in [-0.15, -0.1) is 9.38 Å². The average Bonchev–Trinajstić information content (AvgIpc) is 2.98. The van der Waals surface area contributed by atoms with E-state index in [1.807, 2.05) is 25.2 Å². The summed E-state index contributed by atoms with van der Waals surface area (Å²) >= 11 is 0. The number of aromatic nitrogens is 3. The van der Waals surface area contributed by atoms with E-state index in [-0.39, 0.29) is 12.1 Å². The first kappa shape index (κ1) is 17.1. The predicted octanol–water partition coefficient (Wildman–Crippen LogP) is -0.657. The van der Waals surface area contributed by atoms with Crippen molar-refractivity contribution in [2.45, 2.75) is 38.0 Å². The van der Waals surface area contributed by atoms with Gasteiger partial charge in [0.05, 0.1) is 24.3 Å². The van der Waals surface area contributed by atoms with E-state index >= 15 is 0 Å². The SMILES string of the molecule is CN(C)Cc1cn(C[C@@H]2CC[C@@H]3CN2C(=O)N3OS(=O)(=O)O)nn1. The molecule has 3 heterocycles. The number of carbonyl (C=O) groups is 1. The molecule has 24 heavy (non-hydrogen) atoms. The van der Waals surface area contributed by atoms with E-state index in [1.165, 1.54) is 0 Å². The Labute approximate surface area is 139 Å². The molecular weight excluding hydrogens is 340 g/mol. The number of hydroxylamine groups is 2. The van der Waals surface area contributed by atoms with Crippen molar-refractivity contribution in [3.8, 4) is 0 Å². The molecule has 2 bridgehead atoms. The van der Waals surface area contributed by atoms with Gasteiger partial charge in [-0.2, -0.15) is 13.5 Å². The number of rotatable bonds is 6. The third kappa shape index (κ3) is 3.66. The van der Waals surface area contributed by atoms with Gasteiger partial charge in [-0.05, 0) is 26.9 Å². The smallest absolute Gasteiger partial charge is 0.316 e. The molecule has 1 N–H and O–H groups in total. The minimum absolute atomic E-state index is 0.127. The molecule has 3 rings (SSSR count). The zero-order valence-electron chi connectivity index (χ0n) is 13.4. The zero-order valence-corrected chi connectivity index (χ0v) is 14.3. The molecule has 11 nitrogen and oxygen atoms in total. The number of urea groups is 1. The molecule has 0 unspecified atom stereocenters. The summed E-state index contributed by atoms with van der Waals surface area (Å²) in [6.07, 6.45) is 3.10. The van der Waals surface area contributed by atoms with Crippen LogP contribution in [0.3, 0.4) is 0 Å². The minimum Gasteiger partial charge on any atom is -0.316 e. The Morgan fingerprint density at radius 1 is 1.42 bits per heavy atom. The quantitative estimate of drug-likeness (QED) is 0.664. The standard InChI is InChI=1S/C12H20N6O5S/c1-15(2)5-9-6-16(14-13-9)7-10-3-4-11-8-17(10)12(19)18(11)23-24(20,21)22/h6,10-11H,3-5,7-8H2,1-2H3,(H,20,21,22)/t10-,11+/m0/s1. The maximum Gasteiger partial charge on any atom is 0.418 e. The molecule has 0 saturated carbocycles. The average molecular weight is 360 g/mol. The zero-order chi connectivity index (χ0) is 17.5. The van der Waals surface area contributed by atoms with Gasteiger partial charge >= 0.3 is 16.4 Å². The van der Waals surface area contributed by atoms with E-state index < -0.39 is 16.4 Å². The first-order valence-corrected chi connectivity index (χ1v) is 8.90. The van der Waals surface area contributed by atoms with Crippen LogP contribution in [0.5, 0.6) is 0 Å². The summed E-state index contributed by atoms with van der Waals surface area (Å²) in [5.74, 6) is 0. The molecule has 2 amide bonds. The van der Waals surface area contributed by atoms with Crippen molar-refractivity contribution in [2.24, 2.45) is 0 Å². The summed E-state index contributed by atoms with van der Waals surface area (Å²) in [5, 5.41) is 8.90. The van der Waals surface area contributed by atoms with E-state index in [1.54, 1.807) is 9.58 Å². The van der Waals surface area contributed by atoms with Crippen LogP contribution in [0.15, 0.2) is 6.20 Å². The molecule has 2 fully saturated rings. The fraction of sp³-hybridized carbons (Fsp3) is 0.750. The summed E-state index contributed by atoms with van der Waals surface area (Å²) < 4.78 is 36.6. The van der Waals surface area contributed by atoms with E-state index in [4.69, 9.17) is 4.55 Å². The van der Waals surface area contributed by atoms with Crippen molar-refractivity contribution < 1.29 is 22.0 Å². The third-order valence-corrected chi connectivity index (χ3v) is 4.43. The lowest BCUT2D eigenvalue weighted by atomic mass is 10.0. The van der Waals surface area contributed by atoms with Crippen LogP contribution in [0.1, 0.15) is 18.5 Å². The lowest BCUT2D eigenvalue weighted by Crippen LogP contribution is -2.42. The van der Waals surface area contributed by atoms with Gasteiger partial charge in [0.1, 0.15) is 0 Å². The number of carbonyl (C=O) groups excluding carboxylic acids is 1. The molecule has 1 aromatic rings. The number of fused-ring (bicyclic) bond motifs is 2. The second kappa shape index (κ2) is 6.27. The highest BCUT2D eigenvalue weighted by molar-refractivity contribution is 7.80. The van der Waals surface area contributed by atoms with Crippen molar-refractivity contribution in [1.82, 2.24) is 29.9 Å². The van der Waals surface area contributed by atoms with Gasteiger partial charge in [-0.1, -0.05) is 5.21 Å². The second-order valence-electron chi connectivity index (χ2n) is 6.32. The van der Waals surface area contributed by atoms with Gasteiger partial charge in [-0.3, -0.25) is 9.23 Å². The molecule has 0 radical (unpaired) electrons. The molecular formula is C12H20N6O5S. The van der Waals surface area contributed by atoms with Crippen molar-refractivity contribution in [3.05, 3.63) is 11.9 Å². The van der Waals surface area contributed by atoms with Crippen LogP contribution in [-0.2, 0) is 27.8 Å². The van der Waals surface area contributed by atoms with Crippen LogP contribution < -0.4 is 0 Å². The predicted molar refractivity (Wildman–Crippen MR) is 80.8 cm³/mol. The first-order valence-electron chi connectivity index (χ1n) is 7.53. The number of hydrogen-bond donors (Lipinski definition) is 1. The summed E-state index contributed by atoms with van der Waals surface area (Å²) in [5.41, 5.74) is 0.831. The molecule has 1 aromatic heterocycles. The first-order chi connectivity index (χ1) is 11.2. The van der Waals surface area contributed by atoms with Crippen LogP contribution in [0.2, 0.25) is 0 Å². The molecule has 0 spiro atoms.